The van der Waals surface area contributed by atoms with Crippen LogP contribution in [-0.2, 0) is 4.74 Å². The van der Waals surface area contributed by atoms with Crippen molar-refractivity contribution in [3.05, 3.63) is 30.4 Å². The van der Waals surface area contributed by atoms with Gasteiger partial charge in [0.1, 0.15) is 5.76 Å². The van der Waals surface area contributed by atoms with E-state index in [4.69, 9.17) is 4.74 Å². The zero-order valence-corrected chi connectivity index (χ0v) is 4.92. The third-order valence-corrected chi connectivity index (χ3v) is 0.943. The van der Waals surface area contributed by atoms with Gasteiger partial charge in [-0.1, -0.05) is 12.2 Å². The summed E-state index contributed by atoms with van der Waals surface area (Å²) < 4.78 is 5.15. The molecule has 1 rings (SSSR count). The van der Waals surface area contributed by atoms with Gasteiger partial charge in [0.15, 0.2) is 0 Å². The molecule has 0 unspecified atom stereocenters. The largest absolute Gasteiger partial charge is 0.498 e. The van der Waals surface area contributed by atoms with Gasteiger partial charge >= 0.3 is 0 Å². The monoisotopic (exact) mass is 109 g/mol. The molecule has 0 aromatic rings. The highest BCUT2D eigenvalue weighted by molar-refractivity contribution is 5.29. The Morgan fingerprint density at radius 2 is 2.38 bits per heavy atom. The lowest BCUT2D eigenvalue weighted by molar-refractivity contribution is 0.239. The van der Waals surface area contributed by atoms with Crippen LogP contribution in [0.25, 0.3) is 0 Å². The molecular weight excluding hydrogens is 100 g/mol. The predicted octanol–water partition coefficient (Wildman–Crippen LogP) is 1.68. The van der Waals surface area contributed by atoms with E-state index in [2.05, 4.69) is 0 Å². The third-order valence-electron chi connectivity index (χ3n) is 0.943. The molecule has 0 saturated carbocycles. The summed E-state index contributed by atoms with van der Waals surface area (Å²) in [4.78, 5) is 0. The van der Waals surface area contributed by atoms with Gasteiger partial charge in [-0.15, -0.1) is 0 Å². The van der Waals surface area contributed by atoms with Gasteiger partial charge in [-0.3, -0.25) is 0 Å². The summed E-state index contributed by atoms with van der Waals surface area (Å²) in [7, 11) is 0. The highest BCUT2D eigenvalue weighted by Crippen LogP contribution is 2.08. The average Bonchev–Trinajstić information content (AvgIpc) is 2.19. The fourth-order valence-electron chi connectivity index (χ4n) is 0.619. The molecule has 0 fully saturated rings. The van der Waals surface area contributed by atoms with Crippen molar-refractivity contribution in [2.24, 2.45) is 0 Å². The molecule has 1 heteroatoms. The van der Waals surface area contributed by atoms with E-state index in [1.807, 2.05) is 31.6 Å². The molecular formula is C7H9O. The van der Waals surface area contributed by atoms with Crippen molar-refractivity contribution in [1.29, 1.82) is 0 Å². The minimum Gasteiger partial charge on any atom is -0.498 e. The van der Waals surface area contributed by atoms with E-state index in [0.717, 1.165) is 12.4 Å². The first-order chi connectivity index (χ1) is 3.93. The number of hydrogen-bond acceptors (Lipinski definition) is 1. The molecule has 0 saturated heterocycles. The molecule has 0 atom stereocenters. The van der Waals surface area contributed by atoms with E-state index in [1.165, 1.54) is 0 Å². The zero-order chi connectivity index (χ0) is 5.82. The molecule has 0 spiro atoms. The summed E-state index contributed by atoms with van der Waals surface area (Å²) in [5.41, 5.74) is 0. The first-order valence-corrected chi connectivity index (χ1v) is 2.78. The minimum absolute atomic E-state index is 0.754. The van der Waals surface area contributed by atoms with Crippen LogP contribution in [0.2, 0.25) is 0 Å². The highest BCUT2D eigenvalue weighted by atomic mass is 16.5. The Kier molecular flexibility index (Phi) is 1.73. The van der Waals surface area contributed by atoms with Gasteiger partial charge in [0.25, 0.3) is 0 Å². The Hall–Kier alpha value is -0.720. The number of allylic oxidation sites excluding steroid dienone is 3. The lowest BCUT2D eigenvalue weighted by atomic mass is 10.4. The summed E-state index contributed by atoms with van der Waals surface area (Å²) in [6, 6.07) is 0. The normalized spacial score (nSPS) is 16.4. The SMILES string of the molecule is CCOC1=CC=C[CH]1. The third kappa shape index (κ3) is 1.12. The summed E-state index contributed by atoms with van der Waals surface area (Å²) >= 11 is 0. The Balaban J connectivity index is 2.28. The lowest BCUT2D eigenvalue weighted by Crippen LogP contribution is -1.86. The van der Waals surface area contributed by atoms with Crippen molar-refractivity contribution in [3.8, 4) is 0 Å². The summed E-state index contributed by atoms with van der Waals surface area (Å²) in [5.74, 6) is 0.965. The molecule has 1 aliphatic rings. The van der Waals surface area contributed by atoms with Crippen molar-refractivity contribution in [2.45, 2.75) is 6.92 Å². The fourth-order valence-corrected chi connectivity index (χ4v) is 0.619. The van der Waals surface area contributed by atoms with Crippen LogP contribution in [0.15, 0.2) is 24.0 Å². The van der Waals surface area contributed by atoms with Crippen LogP contribution >= 0.6 is 0 Å². The van der Waals surface area contributed by atoms with E-state index in [0.29, 0.717) is 0 Å². The minimum atomic E-state index is 0.754. The van der Waals surface area contributed by atoms with Crippen LogP contribution in [-0.4, -0.2) is 6.61 Å². The van der Waals surface area contributed by atoms with Crippen molar-refractivity contribution >= 4 is 0 Å². The molecule has 0 aliphatic heterocycles. The Morgan fingerprint density at radius 1 is 1.50 bits per heavy atom. The van der Waals surface area contributed by atoms with Crippen LogP contribution in [0.4, 0.5) is 0 Å². The molecule has 1 nitrogen and oxygen atoms in total. The lowest BCUT2D eigenvalue weighted by Gasteiger charge is -1.99. The second-order valence-corrected chi connectivity index (χ2v) is 1.55. The molecule has 0 amide bonds. The topological polar surface area (TPSA) is 9.23 Å². The van der Waals surface area contributed by atoms with Crippen LogP contribution in [0.3, 0.4) is 0 Å². The van der Waals surface area contributed by atoms with Crippen LogP contribution < -0.4 is 0 Å². The Morgan fingerprint density at radius 3 is 2.88 bits per heavy atom. The first-order valence-electron chi connectivity index (χ1n) is 2.78. The fraction of sp³-hybridized carbons (Fsp3) is 0.286. The van der Waals surface area contributed by atoms with Crippen molar-refractivity contribution in [2.75, 3.05) is 6.61 Å². The van der Waals surface area contributed by atoms with Crippen LogP contribution in [0, 0.1) is 6.42 Å². The van der Waals surface area contributed by atoms with Gasteiger partial charge < -0.3 is 4.74 Å². The van der Waals surface area contributed by atoms with Crippen LogP contribution in [0.1, 0.15) is 6.92 Å². The molecule has 1 aliphatic carbocycles. The van der Waals surface area contributed by atoms with Crippen LogP contribution in [0.5, 0.6) is 0 Å². The summed E-state index contributed by atoms with van der Waals surface area (Å²) in [6.45, 7) is 2.73. The van der Waals surface area contributed by atoms with Crippen molar-refractivity contribution in [3.63, 3.8) is 0 Å². The van der Waals surface area contributed by atoms with Gasteiger partial charge in [0.2, 0.25) is 0 Å². The average molecular weight is 109 g/mol. The van der Waals surface area contributed by atoms with E-state index >= 15 is 0 Å². The summed E-state index contributed by atoms with van der Waals surface area (Å²) in [5, 5.41) is 0. The maximum absolute atomic E-state index is 5.15. The molecule has 8 heavy (non-hydrogen) atoms. The molecule has 1 radical (unpaired) electrons. The zero-order valence-electron chi connectivity index (χ0n) is 4.92. The molecule has 0 aromatic carbocycles. The maximum Gasteiger partial charge on any atom is 0.104 e. The molecule has 0 heterocycles. The molecule has 0 aromatic heterocycles. The predicted molar refractivity (Wildman–Crippen MR) is 33.1 cm³/mol. The van der Waals surface area contributed by atoms with Gasteiger partial charge in [-0.05, 0) is 13.0 Å². The standard InChI is InChI=1S/C7H9O/c1-2-8-7-5-3-4-6-7/h3-6H,2H2,1H3. The summed E-state index contributed by atoms with van der Waals surface area (Å²) in [6.07, 6.45) is 7.82. The van der Waals surface area contributed by atoms with Gasteiger partial charge in [0.05, 0.1) is 6.61 Å². The Labute approximate surface area is 49.7 Å². The maximum atomic E-state index is 5.15. The number of rotatable bonds is 2. The quantitative estimate of drug-likeness (QED) is 0.524. The Bertz CT molecular complexity index is 122. The van der Waals surface area contributed by atoms with Gasteiger partial charge in [0, 0.05) is 6.42 Å². The second-order valence-electron chi connectivity index (χ2n) is 1.55. The second kappa shape index (κ2) is 2.55. The smallest absolute Gasteiger partial charge is 0.104 e. The molecule has 43 valence electrons. The van der Waals surface area contributed by atoms with Gasteiger partial charge in [-0.25, -0.2) is 0 Å². The van der Waals surface area contributed by atoms with E-state index in [9.17, 15) is 0 Å². The van der Waals surface area contributed by atoms with E-state index in [1.54, 1.807) is 0 Å². The molecule has 0 bridgehead atoms. The highest BCUT2D eigenvalue weighted by Gasteiger charge is 1.96. The van der Waals surface area contributed by atoms with Crippen molar-refractivity contribution in [1.82, 2.24) is 0 Å². The number of ether oxygens (including phenoxy) is 1. The van der Waals surface area contributed by atoms with Gasteiger partial charge in [-0.2, -0.15) is 0 Å². The first kappa shape index (κ1) is 5.42. The number of hydrogen-bond donors (Lipinski definition) is 0. The van der Waals surface area contributed by atoms with E-state index < -0.39 is 0 Å². The van der Waals surface area contributed by atoms with Crippen molar-refractivity contribution < 1.29 is 4.74 Å². The molecule has 0 N–H and O–H groups in total. The van der Waals surface area contributed by atoms with E-state index in [-0.39, 0.29) is 0 Å².